The molecule has 0 aliphatic carbocycles. The minimum absolute atomic E-state index is 0.531. The van der Waals surface area contributed by atoms with Gasteiger partial charge in [0.2, 0.25) is 0 Å². The average Bonchev–Trinajstić information content (AvgIpc) is 2.94. The number of likely N-dealkylation sites (tertiary alicyclic amines) is 1. The number of rotatable bonds is 10. The normalized spacial score (nSPS) is 17.2. The summed E-state index contributed by atoms with van der Waals surface area (Å²) in [4.78, 5) is 9.86. The molecular weight excluding hydrogens is 488 g/mol. The van der Waals surface area contributed by atoms with Crippen LogP contribution in [0.25, 0.3) is 11.3 Å². The monoisotopic (exact) mass is 534 g/mol. The van der Waals surface area contributed by atoms with Gasteiger partial charge in [0.15, 0.2) is 0 Å². The van der Waals surface area contributed by atoms with Crippen molar-refractivity contribution in [3.05, 3.63) is 65.5 Å². The maximum atomic E-state index is 6.75. The highest BCUT2D eigenvalue weighted by Gasteiger charge is 2.22. The van der Waals surface area contributed by atoms with E-state index in [1.165, 1.54) is 49.1 Å². The molecule has 2 aliphatic heterocycles. The second-order valence-electron chi connectivity index (χ2n) is 11.6. The van der Waals surface area contributed by atoms with Crippen LogP contribution in [0, 0.1) is 24.7 Å². The molecule has 0 amide bonds. The van der Waals surface area contributed by atoms with E-state index in [0.717, 1.165) is 67.7 Å². The zero-order valence-electron chi connectivity index (χ0n) is 24.0. The summed E-state index contributed by atoms with van der Waals surface area (Å²) in [5.41, 5.74) is 7.93. The van der Waals surface area contributed by atoms with Crippen LogP contribution in [0.5, 0.6) is 0 Å². The summed E-state index contributed by atoms with van der Waals surface area (Å²) in [6.45, 7) is 22.7. The van der Waals surface area contributed by atoms with Gasteiger partial charge in [0, 0.05) is 49.7 Å². The topological polar surface area (TPSA) is 31.4 Å². The highest BCUT2D eigenvalue weighted by atomic mass is 35.5. The summed E-state index contributed by atoms with van der Waals surface area (Å²) < 4.78 is 0. The van der Waals surface area contributed by atoms with E-state index in [1.54, 1.807) is 0 Å². The van der Waals surface area contributed by atoms with E-state index >= 15 is 0 Å². The summed E-state index contributed by atoms with van der Waals surface area (Å²) in [5, 5.41) is 4.31. The van der Waals surface area contributed by atoms with E-state index in [-0.39, 0.29) is 0 Å². The maximum absolute atomic E-state index is 6.75. The van der Waals surface area contributed by atoms with Gasteiger partial charge in [-0.1, -0.05) is 63.2 Å². The molecule has 2 aliphatic rings. The fraction of sp³-hybridized carbons (Fsp3) is 0.545. The van der Waals surface area contributed by atoms with E-state index in [0.29, 0.717) is 16.9 Å². The van der Waals surface area contributed by atoms with Crippen LogP contribution in [0.2, 0.25) is 5.02 Å². The molecular formula is C33H47ClN4. The Morgan fingerprint density at radius 3 is 2.32 bits per heavy atom. The molecule has 0 radical (unpaired) electrons. The molecule has 2 fully saturated rings. The number of anilines is 2. The lowest BCUT2D eigenvalue weighted by molar-refractivity contribution is 0.208. The average molecular weight is 535 g/mol. The number of hydrogen-bond donors (Lipinski definition) is 1. The number of aryl methyl sites for hydroxylation is 1. The minimum atomic E-state index is 0.531. The molecule has 0 unspecified atom stereocenters. The molecule has 3 heterocycles. The third-order valence-electron chi connectivity index (χ3n) is 8.75. The molecule has 2 saturated heterocycles. The molecule has 0 bridgehead atoms. The number of nitrogens with zero attached hydrogens (tertiary/aromatic N) is 3. The van der Waals surface area contributed by atoms with E-state index in [2.05, 4.69) is 80.2 Å². The summed E-state index contributed by atoms with van der Waals surface area (Å²) >= 11 is 6.75. The largest absolute Gasteiger partial charge is 0.384 e. The van der Waals surface area contributed by atoms with Crippen molar-refractivity contribution in [1.82, 2.24) is 9.88 Å². The number of benzene rings is 1. The van der Waals surface area contributed by atoms with Gasteiger partial charge in [0.1, 0.15) is 0 Å². The van der Waals surface area contributed by atoms with Crippen molar-refractivity contribution in [2.24, 2.45) is 17.8 Å². The molecule has 1 N–H and O–H groups in total. The molecule has 4 nitrogen and oxygen atoms in total. The Bertz CT molecular complexity index is 1090. The lowest BCUT2D eigenvalue weighted by Gasteiger charge is -2.36. The van der Waals surface area contributed by atoms with Crippen LogP contribution in [0.3, 0.4) is 0 Å². The zero-order valence-corrected chi connectivity index (χ0v) is 24.8. The van der Waals surface area contributed by atoms with Crippen molar-refractivity contribution in [3.8, 4) is 11.3 Å². The lowest BCUT2D eigenvalue weighted by atomic mass is 9.88. The number of hydrogen-bond acceptors (Lipinski definition) is 4. The fourth-order valence-electron chi connectivity index (χ4n) is 5.91. The second kappa shape index (κ2) is 13.1. The first kappa shape index (κ1) is 28.5. The Hall–Kier alpha value is -2.46. The van der Waals surface area contributed by atoms with E-state index in [1.807, 2.05) is 6.07 Å². The molecule has 1 aromatic carbocycles. The van der Waals surface area contributed by atoms with Crippen molar-refractivity contribution >= 4 is 23.0 Å². The first-order valence-corrected chi connectivity index (χ1v) is 15.0. The third-order valence-corrected chi connectivity index (χ3v) is 9.04. The van der Waals surface area contributed by atoms with Gasteiger partial charge < -0.3 is 15.1 Å². The van der Waals surface area contributed by atoms with E-state index in [9.17, 15) is 0 Å². The summed E-state index contributed by atoms with van der Waals surface area (Å²) in [7, 11) is 0. The Morgan fingerprint density at radius 1 is 1.05 bits per heavy atom. The standard InChI is InChI=1S/C33H47ClN4/c1-7-24(4)28-15-20-38(21-16-28)30-10-8-29(9-11-30)33-31(34)22-32(25(5)36-33)35-17-12-27-13-18-37(19-14-27)26(6)23(2)3/h8-11,22-23,27-28,35H,4,6-7,12-21H2,1-3,5H3. The number of pyridine rings is 1. The van der Waals surface area contributed by atoms with Crippen LogP contribution >= 0.6 is 11.6 Å². The SMILES string of the molecule is C=C(CC)C1CCN(c2ccc(-c3nc(C)c(NCCC4CCN(C(=C)C(C)C)CC4)cc3Cl)cc2)CC1. The molecule has 4 rings (SSSR count). The summed E-state index contributed by atoms with van der Waals surface area (Å²) in [5.74, 6) is 1.97. The number of piperidine rings is 2. The molecule has 1 aromatic heterocycles. The van der Waals surface area contributed by atoms with Gasteiger partial charge in [-0.15, -0.1) is 0 Å². The van der Waals surface area contributed by atoms with Gasteiger partial charge >= 0.3 is 0 Å². The van der Waals surface area contributed by atoms with Gasteiger partial charge in [-0.25, -0.2) is 4.98 Å². The summed E-state index contributed by atoms with van der Waals surface area (Å²) in [6.07, 6.45) is 7.14. The van der Waals surface area contributed by atoms with Crippen LogP contribution in [-0.2, 0) is 0 Å². The second-order valence-corrected chi connectivity index (χ2v) is 12.0. The lowest BCUT2D eigenvalue weighted by Crippen LogP contribution is -2.34. The van der Waals surface area contributed by atoms with Crippen molar-refractivity contribution in [2.75, 3.05) is 42.9 Å². The third kappa shape index (κ3) is 6.94. The Morgan fingerprint density at radius 2 is 1.71 bits per heavy atom. The van der Waals surface area contributed by atoms with Gasteiger partial charge in [0.25, 0.3) is 0 Å². The van der Waals surface area contributed by atoms with E-state index < -0.39 is 0 Å². The predicted octanol–water partition coefficient (Wildman–Crippen LogP) is 8.58. The Balaban J connectivity index is 1.29. The van der Waals surface area contributed by atoms with Gasteiger partial charge in [-0.05, 0) is 81.4 Å². The molecule has 38 heavy (non-hydrogen) atoms. The quantitative estimate of drug-likeness (QED) is 0.309. The molecule has 0 spiro atoms. The number of aromatic nitrogens is 1. The fourth-order valence-corrected chi connectivity index (χ4v) is 6.17. The first-order chi connectivity index (χ1) is 18.3. The van der Waals surface area contributed by atoms with Crippen LogP contribution in [0.4, 0.5) is 11.4 Å². The van der Waals surface area contributed by atoms with Gasteiger partial charge in [-0.2, -0.15) is 0 Å². The number of allylic oxidation sites excluding steroid dienone is 2. The van der Waals surface area contributed by atoms with Crippen molar-refractivity contribution in [3.63, 3.8) is 0 Å². The Kier molecular flexibility index (Phi) is 9.81. The Labute approximate surface area is 236 Å². The maximum Gasteiger partial charge on any atom is 0.0893 e. The first-order valence-electron chi connectivity index (χ1n) is 14.6. The van der Waals surface area contributed by atoms with Crippen LogP contribution in [-0.4, -0.2) is 42.6 Å². The van der Waals surface area contributed by atoms with Crippen LogP contribution < -0.4 is 10.2 Å². The molecule has 5 heteroatoms. The number of nitrogens with one attached hydrogen (secondary N) is 1. The minimum Gasteiger partial charge on any atom is -0.384 e. The van der Waals surface area contributed by atoms with Crippen LogP contribution in [0.15, 0.2) is 54.8 Å². The van der Waals surface area contributed by atoms with E-state index in [4.69, 9.17) is 16.6 Å². The molecule has 0 saturated carbocycles. The van der Waals surface area contributed by atoms with Gasteiger partial charge in [0.05, 0.1) is 22.1 Å². The summed E-state index contributed by atoms with van der Waals surface area (Å²) in [6, 6.07) is 10.8. The molecule has 2 aromatic rings. The van der Waals surface area contributed by atoms with Gasteiger partial charge in [-0.3, -0.25) is 0 Å². The highest BCUT2D eigenvalue weighted by Crippen LogP contribution is 2.33. The molecule has 0 atom stereocenters. The number of halogens is 1. The van der Waals surface area contributed by atoms with Crippen molar-refractivity contribution in [2.45, 2.75) is 66.2 Å². The zero-order chi connectivity index (χ0) is 27.2. The smallest absolute Gasteiger partial charge is 0.0893 e. The molecule has 206 valence electrons. The van der Waals surface area contributed by atoms with Crippen molar-refractivity contribution in [1.29, 1.82) is 0 Å². The highest BCUT2D eigenvalue weighted by molar-refractivity contribution is 6.33. The predicted molar refractivity (Wildman–Crippen MR) is 165 cm³/mol. The van der Waals surface area contributed by atoms with Crippen molar-refractivity contribution < 1.29 is 0 Å². The van der Waals surface area contributed by atoms with Crippen LogP contribution in [0.1, 0.15) is 65.0 Å².